The molecule has 0 atom stereocenters. The largest absolute Gasteiger partial charge is 0.387 e. The average Bonchev–Trinajstić information content (AvgIpc) is 2.91. The Balaban J connectivity index is 1.84. The van der Waals surface area contributed by atoms with Crippen molar-refractivity contribution in [1.29, 1.82) is 0 Å². The standard InChI is InChI=1S/C12H22N2/c13-12(10-8-9-10)14-11-6-4-2-1-3-5-7-11/h10-11H,1-9H2,(H2,13,14). The maximum Gasteiger partial charge on any atom is 0.0971 e. The van der Waals surface area contributed by atoms with Crippen molar-refractivity contribution in [2.24, 2.45) is 16.6 Å². The lowest BCUT2D eigenvalue weighted by Crippen LogP contribution is -2.19. The highest BCUT2D eigenvalue weighted by Gasteiger charge is 2.26. The summed E-state index contributed by atoms with van der Waals surface area (Å²) in [4.78, 5) is 4.69. The number of hydrogen-bond donors (Lipinski definition) is 1. The molecule has 2 nitrogen and oxygen atoms in total. The minimum atomic E-state index is 0.552. The highest BCUT2D eigenvalue weighted by Crippen LogP contribution is 2.30. The van der Waals surface area contributed by atoms with Gasteiger partial charge < -0.3 is 5.73 Å². The first-order valence-electron chi connectivity index (χ1n) is 6.19. The fraction of sp³-hybridized carbons (Fsp3) is 0.917. The number of hydrogen-bond acceptors (Lipinski definition) is 1. The SMILES string of the molecule is NC(=NC1CCCCCCC1)C1CC1. The van der Waals surface area contributed by atoms with E-state index in [2.05, 4.69) is 0 Å². The molecule has 0 bridgehead atoms. The van der Waals surface area contributed by atoms with Crippen molar-refractivity contribution in [3.8, 4) is 0 Å². The molecule has 0 heterocycles. The van der Waals surface area contributed by atoms with Crippen LogP contribution in [-0.4, -0.2) is 11.9 Å². The van der Waals surface area contributed by atoms with E-state index in [0.29, 0.717) is 12.0 Å². The molecule has 0 amide bonds. The van der Waals surface area contributed by atoms with Gasteiger partial charge in [0.1, 0.15) is 0 Å². The molecule has 2 saturated carbocycles. The molecule has 0 saturated heterocycles. The summed E-state index contributed by atoms with van der Waals surface area (Å²) in [6.45, 7) is 0. The molecular formula is C12H22N2. The molecule has 2 rings (SSSR count). The van der Waals surface area contributed by atoms with E-state index in [1.807, 2.05) is 0 Å². The zero-order chi connectivity index (χ0) is 9.80. The first kappa shape index (κ1) is 10.0. The summed E-state index contributed by atoms with van der Waals surface area (Å²) in [7, 11) is 0. The Kier molecular flexibility index (Phi) is 3.44. The quantitative estimate of drug-likeness (QED) is 0.533. The molecule has 0 radical (unpaired) electrons. The van der Waals surface area contributed by atoms with E-state index in [0.717, 1.165) is 5.84 Å². The Hall–Kier alpha value is -0.530. The summed E-state index contributed by atoms with van der Waals surface area (Å²) in [6.07, 6.45) is 12.0. The van der Waals surface area contributed by atoms with E-state index < -0.39 is 0 Å². The molecule has 0 aromatic carbocycles. The van der Waals surface area contributed by atoms with Gasteiger partial charge >= 0.3 is 0 Å². The van der Waals surface area contributed by atoms with Crippen molar-refractivity contribution < 1.29 is 0 Å². The zero-order valence-electron chi connectivity index (χ0n) is 9.04. The summed E-state index contributed by atoms with van der Waals surface area (Å²) in [5, 5.41) is 0. The van der Waals surface area contributed by atoms with Crippen LogP contribution >= 0.6 is 0 Å². The van der Waals surface area contributed by atoms with Gasteiger partial charge in [-0.2, -0.15) is 0 Å². The van der Waals surface area contributed by atoms with Crippen molar-refractivity contribution in [2.75, 3.05) is 0 Å². The van der Waals surface area contributed by atoms with E-state index in [4.69, 9.17) is 10.7 Å². The van der Waals surface area contributed by atoms with Crippen LogP contribution in [0.5, 0.6) is 0 Å². The molecule has 0 unspecified atom stereocenters. The van der Waals surface area contributed by atoms with Crippen LogP contribution in [0.15, 0.2) is 4.99 Å². The molecule has 0 aromatic heterocycles. The summed E-state index contributed by atoms with van der Waals surface area (Å²) in [5.74, 6) is 1.61. The lowest BCUT2D eigenvalue weighted by molar-refractivity contribution is 0.454. The number of amidine groups is 1. The van der Waals surface area contributed by atoms with E-state index in [9.17, 15) is 0 Å². The van der Waals surface area contributed by atoms with Crippen LogP contribution in [0.1, 0.15) is 57.8 Å². The van der Waals surface area contributed by atoms with Gasteiger partial charge in [0, 0.05) is 5.92 Å². The van der Waals surface area contributed by atoms with Gasteiger partial charge in [0.15, 0.2) is 0 Å². The Bertz CT molecular complexity index is 198. The van der Waals surface area contributed by atoms with Crippen molar-refractivity contribution >= 4 is 5.84 Å². The molecule has 0 aromatic rings. The van der Waals surface area contributed by atoms with Crippen LogP contribution in [0.25, 0.3) is 0 Å². The van der Waals surface area contributed by atoms with Crippen molar-refractivity contribution in [3.05, 3.63) is 0 Å². The molecule has 0 aliphatic heterocycles. The third kappa shape index (κ3) is 3.00. The summed E-state index contributed by atoms with van der Waals surface area (Å²) >= 11 is 0. The van der Waals surface area contributed by atoms with Gasteiger partial charge in [-0.3, -0.25) is 4.99 Å². The third-order valence-corrected chi connectivity index (χ3v) is 3.40. The molecule has 2 heteroatoms. The Morgan fingerprint density at radius 3 is 2.00 bits per heavy atom. The highest BCUT2D eigenvalue weighted by atomic mass is 14.9. The average molecular weight is 194 g/mol. The molecule has 14 heavy (non-hydrogen) atoms. The first-order valence-corrected chi connectivity index (χ1v) is 6.19. The smallest absolute Gasteiger partial charge is 0.0971 e. The number of nitrogens with two attached hydrogens (primary N) is 1. The van der Waals surface area contributed by atoms with Crippen LogP contribution in [0.2, 0.25) is 0 Å². The van der Waals surface area contributed by atoms with Gasteiger partial charge in [-0.1, -0.05) is 32.1 Å². The van der Waals surface area contributed by atoms with Gasteiger partial charge in [-0.15, -0.1) is 0 Å². The van der Waals surface area contributed by atoms with Crippen molar-refractivity contribution in [3.63, 3.8) is 0 Å². The number of aliphatic imine (C=N–C) groups is 1. The summed E-state index contributed by atoms with van der Waals surface area (Å²) < 4.78 is 0. The molecule has 2 fully saturated rings. The fourth-order valence-corrected chi connectivity index (χ4v) is 2.26. The maximum absolute atomic E-state index is 5.95. The van der Waals surface area contributed by atoms with Gasteiger partial charge in [0.05, 0.1) is 11.9 Å². The molecule has 0 spiro atoms. The predicted molar refractivity (Wildman–Crippen MR) is 60.5 cm³/mol. The second-order valence-electron chi connectivity index (χ2n) is 4.83. The normalized spacial score (nSPS) is 27.0. The lowest BCUT2D eigenvalue weighted by atomic mass is 9.97. The molecule has 80 valence electrons. The second-order valence-corrected chi connectivity index (χ2v) is 4.83. The highest BCUT2D eigenvalue weighted by molar-refractivity contribution is 5.85. The fourth-order valence-electron chi connectivity index (χ4n) is 2.26. The van der Waals surface area contributed by atoms with Gasteiger partial charge in [0.2, 0.25) is 0 Å². The topological polar surface area (TPSA) is 38.4 Å². The van der Waals surface area contributed by atoms with Crippen LogP contribution in [0.3, 0.4) is 0 Å². The summed E-state index contributed by atoms with van der Waals surface area (Å²) in [5.41, 5.74) is 5.95. The van der Waals surface area contributed by atoms with E-state index in [-0.39, 0.29) is 0 Å². The van der Waals surface area contributed by atoms with E-state index in [1.165, 1.54) is 57.8 Å². The van der Waals surface area contributed by atoms with Crippen molar-refractivity contribution in [1.82, 2.24) is 0 Å². The Labute approximate surface area is 87.0 Å². The minimum absolute atomic E-state index is 0.552. The van der Waals surface area contributed by atoms with Crippen molar-refractivity contribution in [2.45, 2.75) is 63.8 Å². The van der Waals surface area contributed by atoms with E-state index in [1.54, 1.807) is 0 Å². The number of rotatable bonds is 2. The van der Waals surface area contributed by atoms with Crippen LogP contribution in [-0.2, 0) is 0 Å². The molecular weight excluding hydrogens is 172 g/mol. The first-order chi connectivity index (χ1) is 6.86. The Morgan fingerprint density at radius 2 is 1.43 bits per heavy atom. The molecule has 2 N–H and O–H groups in total. The van der Waals surface area contributed by atoms with Crippen LogP contribution in [0.4, 0.5) is 0 Å². The Morgan fingerprint density at radius 1 is 0.857 bits per heavy atom. The zero-order valence-corrected chi connectivity index (χ0v) is 9.04. The maximum atomic E-state index is 5.95. The van der Waals surface area contributed by atoms with Crippen LogP contribution < -0.4 is 5.73 Å². The van der Waals surface area contributed by atoms with E-state index >= 15 is 0 Å². The number of nitrogens with zero attached hydrogens (tertiary/aromatic N) is 1. The minimum Gasteiger partial charge on any atom is -0.387 e. The molecule has 2 aliphatic rings. The monoisotopic (exact) mass is 194 g/mol. The van der Waals surface area contributed by atoms with Crippen LogP contribution in [0, 0.1) is 5.92 Å². The van der Waals surface area contributed by atoms with Gasteiger partial charge in [-0.25, -0.2) is 0 Å². The van der Waals surface area contributed by atoms with Gasteiger partial charge in [-0.05, 0) is 25.7 Å². The second kappa shape index (κ2) is 4.81. The predicted octanol–water partition coefficient (Wildman–Crippen LogP) is 2.87. The van der Waals surface area contributed by atoms with Gasteiger partial charge in [0.25, 0.3) is 0 Å². The lowest BCUT2D eigenvalue weighted by Gasteiger charge is -2.16. The third-order valence-electron chi connectivity index (χ3n) is 3.40. The molecule has 2 aliphatic carbocycles. The summed E-state index contributed by atoms with van der Waals surface area (Å²) in [6, 6.07) is 0.552.